The second-order valence-electron chi connectivity index (χ2n) is 12.8. The summed E-state index contributed by atoms with van der Waals surface area (Å²) in [6.07, 6.45) is 2.22. The highest BCUT2D eigenvalue weighted by Crippen LogP contribution is 2.45. The lowest BCUT2D eigenvalue weighted by atomic mass is 9.99. The minimum Gasteiger partial charge on any atom is -0.493 e. The predicted octanol–water partition coefficient (Wildman–Crippen LogP) is 8.48. The van der Waals surface area contributed by atoms with E-state index in [1.54, 1.807) is 66.9 Å². The summed E-state index contributed by atoms with van der Waals surface area (Å²) in [5.74, 6) is 3.48. The Kier molecular flexibility index (Phi) is 12.5. The van der Waals surface area contributed by atoms with Gasteiger partial charge in [0.05, 0.1) is 53.9 Å². The van der Waals surface area contributed by atoms with Crippen LogP contribution in [0.25, 0.3) is 0 Å². The zero-order valence-corrected chi connectivity index (χ0v) is 32.7. The lowest BCUT2D eigenvalue weighted by Crippen LogP contribution is -2.38. The van der Waals surface area contributed by atoms with Gasteiger partial charge >= 0.3 is 0 Å². The Morgan fingerprint density at radius 3 is 2.02 bits per heavy atom. The summed E-state index contributed by atoms with van der Waals surface area (Å²) in [7, 11) is 9.40. The lowest BCUT2D eigenvalue weighted by Gasteiger charge is -2.29. The number of fused-ring (bicyclic) bond motifs is 1. The first-order valence-corrected chi connectivity index (χ1v) is 18.3. The highest BCUT2D eigenvalue weighted by Gasteiger charge is 2.30. The van der Waals surface area contributed by atoms with Crippen LogP contribution in [0, 0.1) is 0 Å². The molecule has 0 fully saturated rings. The molecule has 3 atom stereocenters. The SMILES string of the molecule is CCCCCC(Oc1ccc(C2NC(=O)c3cc(Cl)ccc3N2)cc1OC)Oc1c(OC)cc(C2CC(c3cc(OC)c(OC)c(OC)c3)=NO2)cc1OC. The van der Waals surface area contributed by atoms with Gasteiger partial charge in [-0.05, 0) is 66.6 Å². The fourth-order valence-electron chi connectivity index (χ4n) is 6.51. The average Bonchev–Trinajstić information content (AvgIpc) is 3.71. The molecule has 2 N–H and O–H groups in total. The maximum absolute atomic E-state index is 12.9. The first-order valence-electron chi connectivity index (χ1n) is 17.9. The maximum atomic E-state index is 12.9. The molecule has 0 radical (unpaired) electrons. The number of nitrogens with one attached hydrogen (secondary N) is 2. The van der Waals surface area contributed by atoms with Gasteiger partial charge in [0.2, 0.25) is 17.8 Å². The van der Waals surface area contributed by atoms with Gasteiger partial charge in [0.1, 0.15) is 6.17 Å². The summed E-state index contributed by atoms with van der Waals surface area (Å²) >= 11 is 6.12. The minimum atomic E-state index is -0.734. The number of carbonyl (C=O) groups is 1. The van der Waals surface area contributed by atoms with Gasteiger partial charge in [-0.2, -0.15) is 0 Å². The van der Waals surface area contributed by atoms with E-state index in [0.717, 1.165) is 36.0 Å². The van der Waals surface area contributed by atoms with Crippen molar-refractivity contribution in [1.82, 2.24) is 5.32 Å². The second-order valence-corrected chi connectivity index (χ2v) is 13.3. The van der Waals surface area contributed by atoms with Crippen LogP contribution in [-0.2, 0) is 4.84 Å². The Balaban J connectivity index is 1.22. The molecule has 2 aliphatic rings. The topological polar surface area (TPSA) is 137 Å². The molecule has 2 aliphatic heterocycles. The molecule has 0 saturated heterocycles. The zero-order chi connectivity index (χ0) is 39.1. The van der Waals surface area contributed by atoms with Crippen LogP contribution in [0.4, 0.5) is 5.69 Å². The van der Waals surface area contributed by atoms with E-state index in [1.807, 2.05) is 36.4 Å². The van der Waals surface area contributed by atoms with E-state index < -0.39 is 18.6 Å². The predicted molar refractivity (Wildman–Crippen MR) is 208 cm³/mol. The Labute approximate surface area is 325 Å². The fraction of sp³-hybridized carbons (Fsp3) is 0.366. The molecule has 55 heavy (non-hydrogen) atoms. The van der Waals surface area contributed by atoms with Crippen LogP contribution in [0.1, 0.15) is 78.3 Å². The number of nitrogens with zero attached hydrogens (tertiary/aromatic N) is 1. The molecular weight excluding hydrogens is 730 g/mol. The number of benzene rings is 4. The van der Waals surface area contributed by atoms with Crippen molar-refractivity contribution in [2.45, 2.75) is 57.6 Å². The number of hydrogen-bond acceptors (Lipinski definition) is 12. The van der Waals surface area contributed by atoms with E-state index in [0.29, 0.717) is 80.8 Å². The van der Waals surface area contributed by atoms with Gasteiger partial charge in [-0.1, -0.05) is 42.6 Å². The second kappa shape index (κ2) is 17.6. The van der Waals surface area contributed by atoms with Crippen LogP contribution in [0.2, 0.25) is 5.02 Å². The van der Waals surface area contributed by atoms with E-state index in [9.17, 15) is 4.79 Å². The molecule has 0 aromatic heterocycles. The monoisotopic (exact) mass is 775 g/mol. The molecule has 2 heterocycles. The van der Waals surface area contributed by atoms with Crippen LogP contribution < -0.4 is 48.5 Å². The summed E-state index contributed by atoms with van der Waals surface area (Å²) in [5, 5.41) is 11.2. The molecule has 1 amide bonds. The molecule has 292 valence electrons. The van der Waals surface area contributed by atoms with Crippen molar-refractivity contribution < 1.29 is 47.5 Å². The third-order valence-corrected chi connectivity index (χ3v) is 9.63. The van der Waals surface area contributed by atoms with E-state index in [2.05, 4.69) is 22.7 Å². The summed E-state index contributed by atoms with van der Waals surface area (Å²) in [4.78, 5) is 18.8. The molecule has 4 aromatic rings. The Morgan fingerprint density at radius 2 is 1.38 bits per heavy atom. The number of unbranched alkanes of at least 4 members (excludes halogenated alkanes) is 2. The van der Waals surface area contributed by atoms with E-state index in [4.69, 9.17) is 54.3 Å². The third kappa shape index (κ3) is 8.51. The number of methoxy groups -OCH3 is 6. The molecule has 14 heteroatoms. The molecule has 0 bridgehead atoms. The van der Waals surface area contributed by atoms with Crippen LogP contribution in [-0.4, -0.2) is 60.6 Å². The van der Waals surface area contributed by atoms with Gasteiger partial charge in [0.15, 0.2) is 40.6 Å². The standard InChI is InChI=1S/C41H46ClN3O10/c1-8-9-10-11-37(53-30-15-12-23(16-32(30)47-2)40-43-28-14-13-26(42)21-27(28)41(46)44-40)54-39-35(50-5)19-25(20-36(39)51-6)31-22-29(45-55-31)24-17-33(48-3)38(52-7)34(18-24)49-4/h12-21,31,37,40,43H,8-11,22H2,1-7H3,(H,44,46). The molecular formula is C41H46ClN3O10. The first kappa shape index (κ1) is 39.0. The quantitative estimate of drug-likeness (QED) is 0.0790. The Bertz CT molecular complexity index is 1990. The highest BCUT2D eigenvalue weighted by atomic mass is 35.5. The highest BCUT2D eigenvalue weighted by molar-refractivity contribution is 6.31. The van der Waals surface area contributed by atoms with Crippen molar-refractivity contribution >= 4 is 28.9 Å². The van der Waals surface area contributed by atoms with Gasteiger partial charge in [-0.25, -0.2) is 0 Å². The number of amides is 1. The zero-order valence-electron chi connectivity index (χ0n) is 31.9. The molecule has 13 nitrogen and oxygen atoms in total. The Hall–Kier alpha value is -5.69. The molecule has 0 aliphatic carbocycles. The number of rotatable bonds is 17. The van der Waals surface area contributed by atoms with Gasteiger partial charge in [0, 0.05) is 34.7 Å². The van der Waals surface area contributed by atoms with Crippen LogP contribution in [0.5, 0.6) is 46.0 Å². The van der Waals surface area contributed by atoms with Crippen LogP contribution >= 0.6 is 11.6 Å². The maximum Gasteiger partial charge on any atom is 0.255 e. The summed E-state index contributed by atoms with van der Waals surface area (Å²) in [6, 6.07) is 18.0. The number of carbonyl (C=O) groups excluding carboxylic acids is 1. The molecule has 4 aromatic carbocycles. The first-order chi connectivity index (χ1) is 26.7. The van der Waals surface area contributed by atoms with Gasteiger partial charge in [-0.3, -0.25) is 4.79 Å². The summed E-state index contributed by atoms with van der Waals surface area (Å²) in [5.41, 5.74) is 4.20. The van der Waals surface area contributed by atoms with Gasteiger partial charge in [0.25, 0.3) is 5.91 Å². The number of oxime groups is 1. The Morgan fingerprint density at radius 1 is 0.727 bits per heavy atom. The lowest BCUT2D eigenvalue weighted by molar-refractivity contribution is -0.00757. The normalized spacial score (nSPS) is 16.4. The summed E-state index contributed by atoms with van der Waals surface area (Å²) < 4.78 is 47.1. The number of hydrogen-bond donors (Lipinski definition) is 2. The van der Waals surface area contributed by atoms with Crippen molar-refractivity contribution in [3.05, 3.63) is 87.9 Å². The van der Waals surface area contributed by atoms with Gasteiger partial charge in [-0.15, -0.1) is 0 Å². The largest absolute Gasteiger partial charge is 0.493 e. The minimum absolute atomic E-state index is 0.232. The number of halogens is 1. The molecule has 0 saturated carbocycles. The van der Waals surface area contributed by atoms with Crippen LogP contribution in [0.3, 0.4) is 0 Å². The van der Waals surface area contributed by atoms with Crippen molar-refractivity contribution in [3.8, 4) is 46.0 Å². The van der Waals surface area contributed by atoms with E-state index >= 15 is 0 Å². The summed E-state index contributed by atoms with van der Waals surface area (Å²) in [6.45, 7) is 2.14. The van der Waals surface area contributed by atoms with Crippen molar-refractivity contribution in [2.24, 2.45) is 5.16 Å². The van der Waals surface area contributed by atoms with Gasteiger partial charge < -0.3 is 53.4 Å². The van der Waals surface area contributed by atoms with E-state index in [-0.39, 0.29) is 5.91 Å². The average molecular weight is 776 g/mol. The number of anilines is 1. The smallest absolute Gasteiger partial charge is 0.255 e. The van der Waals surface area contributed by atoms with E-state index in [1.165, 1.54) is 0 Å². The number of ether oxygens (including phenoxy) is 8. The fourth-order valence-corrected chi connectivity index (χ4v) is 6.68. The molecule has 0 spiro atoms. The molecule has 6 rings (SSSR count). The van der Waals surface area contributed by atoms with Crippen LogP contribution in [0.15, 0.2) is 65.8 Å². The molecule has 3 unspecified atom stereocenters. The van der Waals surface area contributed by atoms with Crippen molar-refractivity contribution in [2.75, 3.05) is 48.0 Å². The van der Waals surface area contributed by atoms with Crippen molar-refractivity contribution in [3.63, 3.8) is 0 Å². The third-order valence-electron chi connectivity index (χ3n) is 9.40. The van der Waals surface area contributed by atoms with Crippen molar-refractivity contribution in [1.29, 1.82) is 0 Å².